The van der Waals surface area contributed by atoms with Crippen LogP contribution in [-0.4, -0.2) is 42.1 Å². The van der Waals surface area contributed by atoms with Gasteiger partial charge in [0.15, 0.2) is 5.82 Å². The maximum atomic E-state index is 12.3. The van der Waals surface area contributed by atoms with Crippen LogP contribution in [0.15, 0.2) is 35.6 Å². The van der Waals surface area contributed by atoms with Crippen molar-refractivity contribution in [2.45, 2.75) is 44.2 Å². The molecule has 134 valence electrons. The van der Waals surface area contributed by atoms with Crippen LogP contribution >= 0.6 is 11.3 Å². The van der Waals surface area contributed by atoms with Gasteiger partial charge in [0.25, 0.3) is 5.56 Å². The van der Waals surface area contributed by atoms with Gasteiger partial charge in [-0.15, -0.1) is 10.2 Å². The Morgan fingerprint density at radius 2 is 2.12 bits per heavy atom. The smallest absolute Gasteiger partial charge is 0.266 e. The van der Waals surface area contributed by atoms with Crippen LogP contribution in [-0.2, 0) is 6.54 Å². The second kappa shape index (κ2) is 6.31. The number of nitrogens with zero attached hydrogens (tertiary/aromatic N) is 7. The van der Waals surface area contributed by atoms with E-state index in [0.717, 1.165) is 29.5 Å². The van der Waals surface area contributed by atoms with Crippen molar-refractivity contribution in [2.75, 3.05) is 11.4 Å². The lowest BCUT2D eigenvalue weighted by atomic mass is 10.2. The third-order valence-corrected chi connectivity index (χ3v) is 6.11. The second-order valence-electron chi connectivity index (χ2n) is 6.87. The number of imidazole rings is 1. The van der Waals surface area contributed by atoms with Crippen molar-refractivity contribution < 1.29 is 0 Å². The molecule has 1 atom stereocenters. The SMILES string of the molecule is O=c1ccc(-n2ccnc2)nn1CC1CCCN1c1nnc(C2CC2)s1. The summed E-state index contributed by atoms with van der Waals surface area (Å²) < 4.78 is 3.36. The van der Waals surface area contributed by atoms with E-state index in [9.17, 15) is 4.79 Å². The van der Waals surface area contributed by atoms with Crippen LogP contribution in [0.1, 0.15) is 36.6 Å². The first-order valence-corrected chi connectivity index (χ1v) is 9.76. The van der Waals surface area contributed by atoms with Gasteiger partial charge in [0.05, 0.1) is 12.6 Å². The minimum Gasteiger partial charge on any atom is -0.342 e. The number of hydrogen-bond donors (Lipinski definition) is 0. The highest BCUT2D eigenvalue weighted by atomic mass is 32.1. The molecule has 1 unspecified atom stereocenters. The summed E-state index contributed by atoms with van der Waals surface area (Å²) in [5.74, 6) is 1.32. The molecule has 0 bridgehead atoms. The van der Waals surface area contributed by atoms with Crippen molar-refractivity contribution >= 4 is 16.5 Å². The quantitative estimate of drug-likeness (QED) is 0.682. The van der Waals surface area contributed by atoms with E-state index >= 15 is 0 Å². The molecule has 0 aromatic carbocycles. The van der Waals surface area contributed by atoms with E-state index in [-0.39, 0.29) is 11.6 Å². The Hall–Kier alpha value is -2.55. The van der Waals surface area contributed by atoms with Crippen LogP contribution in [0.5, 0.6) is 0 Å². The van der Waals surface area contributed by atoms with Crippen LogP contribution in [0.4, 0.5) is 5.13 Å². The van der Waals surface area contributed by atoms with E-state index in [2.05, 4.69) is 25.2 Å². The summed E-state index contributed by atoms with van der Waals surface area (Å²) in [6.07, 6.45) is 9.79. The van der Waals surface area contributed by atoms with Gasteiger partial charge >= 0.3 is 0 Å². The minimum atomic E-state index is -0.0864. The van der Waals surface area contributed by atoms with Crippen molar-refractivity contribution in [1.82, 2.24) is 29.5 Å². The van der Waals surface area contributed by atoms with E-state index in [4.69, 9.17) is 0 Å². The first-order chi connectivity index (χ1) is 12.8. The fourth-order valence-electron chi connectivity index (χ4n) is 3.42. The Morgan fingerprint density at radius 1 is 1.19 bits per heavy atom. The van der Waals surface area contributed by atoms with Gasteiger partial charge in [-0.2, -0.15) is 5.10 Å². The van der Waals surface area contributed by atoms with Gasteiger partial charge in [0.2, 0.25) is 5.13 Å². The molecule has 9 heteroatoms. The number of rotatable bonds is 5. The highest BCUT2D eigenvalue weighted by Gasteiger charge is 2.32. The minimum absolute atomic E-state index is 0.0864. The molecule has 8 nitrogen and oxygen atoms in total. The molecule has 1 saturated heterocycles. The molecular formula is C17H19N7OS. The lowest BCUT2D eigenvalue weighted by Gasteiger charge is -2.23. The normalized spacial score (nSPS) is 20.0. The van der Waals surface area contributed by atoms with E-state index in [0.29, 0.717) is 18.3 Å². The molecule has 26 heavy (non-hydrogen) atoms. The molecule has 2 aliphatic rings. The molecule has 0 spiro atoms. The number of aromatic nitrogens is 6. The van der Waals surface area contributed by atoms with Gasteiger partial charge in [-0.1, -0.05) is 11.3 Å². The molecule has 5 rings (SSSR count). The molecule has 0 N–H and O–H groups in total. The standard InChI is InChI=1S/C17H19N7OS/c25-15-6-5-14(22-9-7-18-11-22)21-24(15)10-13-2-1-8-23(13)17-20-19-16(26-17)12-3-4-12/h5-7,9,11-13H,1-4,8,10H2. The van der Waals surface area contributed by atoms with Gasteiger partial charge in [0, 0.05) is 30.9 Å². The lowest BCUT2D eigenvalue weighted by molar-refractivity contribution is 0.485. The predicted octanol–water partition coefficient (Wildman–Crippen LogP) is 1.83. The summed E-state index contributed by atoms with van der Waals surface area (Å²) in [5, 5.41) is 15.4. The lowest BCUT2D eigenvalue weighted by Crippen LogP contribution is -2.37. The predicted molar refractivity (Wildman–Crippen MR) is 97.9 cm³/mol. The Bertz CT molecular complexity index is 960. The molecule has 0 radical (unpaired) electrons. The maximum Gasteiger partial charge on any atom is 0.266 e. The van der Waals surface area contributed by atoms with Crippen LogP contribution < -0.4 is 10.5 Å². The molecule has 1 aliphatic heterocycles. The highest BCUT2D eigenvalue weighted by Crippen LogP contribution is 2.43. The van der Waals surface area contributed by atoms with E-state index in [1.54, 1.807) is 45.2 Å². The molecule has 1 saturated carbocycles. The average molecular weight is 369 g/mol. The maximum absolute atomic E-state index is 12.3. The topological polar surface area (TPSA) is 81.7 Å². The first-order valence-electron chi connectivity index (χ1n) is 8.94. The van der Waals surface area contributed by atoms with E-state index in [1.165, 1.54) is 12.8 Å². The monoisotopic (exact) mass is 369 g/mol. The fourth-order valence-corrected chi connectivity index (χ4v) is 4.53. The molecular weight excluding hydrogens is 350 g/mol. The number of anilines is 1. The van der Waals surface area contributed by atoms with Gasteiger partial charge in [-0.3, -0.25) is 9.36 Å². The Balaban J connectivity index is 1.39. The molecule has 3 aromatic rings. The summed E-state index contributed by atoms with van der Waals surface area (Å²) >= 11 is 1.70. The van der Waals surface area contributed by atoms with Crippen molar-refractivity contribution in [3.63, 3.8) is 0 Å². The molecule has 3 aromatic heterocycles. The zero-order valence-corrected chi connectivity index (χ0v) is 15.0. The van der Waals surface area contributed by atoms with Gasteiger partial charge in [-0.25, -0.2) is 9.67 Å². The molecule has 0 amide bonds. The Labute approximate surface area is 154 Å². The zero-order valence-electron chi connectivity index (χ0n) is 14.2. The summed E-state index contributed by atoms with van der Waals surface area (Å²) in [6, 6.07) is 3.51. The van der Waals surface area contributed by atoms with Crippen molar-refractivity contribution in [1.29, 1.82) is 0 Å². The highest BCUT2D eigenvalue weighted by molar-refractivity contribution is 7.15. The Kier molecular flexibility index (Phi) is 3.81. The second-order valence-corrected chi connectivity index (χ2v) is 7.86. The van der Waals surface area contributed by atoms with Crippen LogP contribution in [0.25, 0.3) is 5.82 Å². The third kappa shape index (κ3) is 2.92. The van der Waals surface area contributed by atoms with Crippen molar-refractivity contribution in [3.05, 3.63) is 46.2 Å². The summed E-state index contributed by atoms with van der Waals surface area (Å²) in [7, 11) is 0. The summed E-state index contributed by atoms with van der Waals surface area (Å²) in [6.45, 7) is 1.51. The van der Waals surface area contributed by atoms with Gasteiger partial charge < -0.3 is 4.90 Å². The molecule has 1 aliphatic carbocycles. The zero-order chi connectivity index (χ0) is 17.5. The molecule has 2 fully saturated rings. The van der Waals surface area contributed by atoms with E-state index in [1.807, 2.05) is 6.20 Å². The summed E-state index contributed by atoms with van der Waals surface area (Å²) in [4.78, 5) is 18.6. The number of hydrogen-bond acceptors (Lipinski definition) is 7. The van der Waals surface area contributed by atoms with Crippen molar-refractivity contribution in [2.24, 2.45) is 0 Å². The largest absolute Gasteiger partial charge is 0.342 e. The average Bonchev–Trinajstić information content (AvgIpc) is 3.09. The summed E-state index contributed by atoms with van der Waals surface area (Å²) in [5.41, 5.74) is -0.0864. The van der Waals surface area contributed by atoms with Crippen LogP contribution in [0, 0.1) is 0 Å². The first kappa shape index (κ1) is 15.7. The van der Waals surface area contributed by atoms with Crippen LogP contribution in [0.3, 0.4) is 0 Å². The third-order valence-electron chi connectivity index (χ3n) is 4.98. The van der Waals surface area contributed by atoms with Crippen LogP contribution in [0.2, 0.25) is 0 Å². The van der Waals surface area contributed by atoms with Crippen molar-refractivity contribution in [3.8, 4) is 5.82 Å². The Morgan fingerprint density at radius 3 is 2.92 bits per heavy atom. The molecule has 4 heterocycles. The van der Waals surface area contributed by atoms with Gasteiger partial charge in [-0.05, 0) is 31.7 Å². The van der Waals surface area contributed by atoms with Gasteiger partial charge in [0.1, 0.15) is 11.3 Å². The van der Waals surface area contributed by atoms with E-state index < -0.39 is 0 Å². The fraction of sp³-hybridized carbons (Fsp3) is 0.471.